The van der Waals surface area contributed by atoms with Crippen LogP contribution in [0.15, 0.2) is 42.7 Å². The van der Waals surface area contributed by atoms with E-state index in [1.54, 1.807) is 30.6 Å². The van der Waals surface area contributed by atoms with Gasteiger partial charge in [0.1, 0.15) is 5.75 Å². The minimum Gasteiger partial charge on any atom is -0.406 e. The highest BCUT2D eigenvalue weighted by Gasteiger charge is 2.30. The molecule has 2 aromatic rings. The topological polar surface area (TPSA) is 48.1 Å². The fraction of sp³-hybridized carbons (Fsp3) is 0.154. The number of rotatable bonds is 3. The van der Waals surface area contributed by atoms with E-state index < -0.39 is 6.36 Å². The maximum atomic E-state index is 12.0. The summed E-state index contributed by atoms with van der Waals surface area (Å²) in [4.78, 5) is 3.95. The largest absolute Gasteiger partial charge is 0.573 e. The highest BCUT2D eigenvalue weighted by atomic mass is 35.5. The van der Waals surface area contributed by atoms with Crippen LogP contribution in [0.1, 0.15) is 5.56 Å². The molecule has 0 aliphatic heterocycles. The lowest BCUT2D eigenvalue weighted by Crippen LogP contribution is -2.16. The zero-order valence-electron chi connectivity index (χ0n) is 10.6. The molecular formula is C13H13Cl2F3N2O. The van der Waals surface area contributed by atoms with E-state index in [9.17, 15) is 13.2 Å². The van der Waals surface area contributed by atoms with E-state index in [1.165, 1.54) is 12.1 Å². The van der Waals surface area contributed by atoms with Gasteiger partial charge >= 0.3 is 6.36 Å². The number of nitrogens with zero attached hydrogens (tertiary/aromatic N) is 1. The van der Waals surface area contributed by atoms with Crippen LogP contribution in [-0.4, -0.2) is 11.3 Å². The molecule has 3 nitrogen and oxygen atoms in total. The fourth-order valence-corrected chi connectivity index (χ4v) is 1.71. The Morgan fingerprint density at radius 2 is 1.67 bits per heavy atom. The maximum absolute atomic E-state index is 12.0. The van der Waals surface area contributed by atoms with Gasteiger partial charge in [0.05, 0.1) is 0 Å². The lowest BCUT2D eigenvalue weighted by molar-refractivity contribution is -0.274. The fourth-order valence-electron chi connectivity index (χ4n) is 1.71. The van der Waals surface area contributed by atoms with Crippen molar-refractivity contribution in [2.24, 2.45) is 5.73 Å². The second-order valence-corrected chi connectivity index (χ2v) is 3.81. The van der Waals surface area contributed by atoms with Gasteiger partial charge in [0.15, 0.2) is 0 Å². The molecule has 0 unspecified atom stereocenters. The number of alkyl halides is 3. The van der Waals surface area contributed by atoms with Crippen LogP contribution in [0.25, 0.3) is 11.1 Å². The molecule has 0 bridgehead atoms. The Morgan fingerprint density at radius 3 is 2.19 bits per heavy atom. The van der Waals surface area contributed by atoms with Crippen molar-refractivity contribution in [3.05, 3.63) is 48.3 Å². The number of halogens is 5. The Morgan fingerprint density at radius 1 is 1.05 bits per heavy atom. The molecule has 8 heteroatoms. The van der Waals surface area contributed by atoms with E-state index in [1.807, 2.05) is 0 Å². The van der Waals surface area contributed by atoms with E-state index in [4.69, 9.17) is 5.73 Å². The third-order valence-electron chi connectivity index (χ3n) is 2.52. The number of nitrogens with two attached hydrogens (primary N) is 1. The molecule has 0 aliphatic carbocycles. The van der Waals surface area contributed by atoms with Gasteiger partial charge in [-0.3, -0.25) is 4.98 Å². The molecule has 0 fully saturated rings. The molecule has 2 N–H and O–H groups in total. The Bertz CT molecular complexity index is 562. The standard InChI is InChI=1S/C13H11F3N2O.2ClH/c14-13(15,16)19-11-3-1-9(2-4-11)12-5-6-18-8-10(12)7-17;;/h1-6,8H,7,17H2;2*1H. The van der Waals surface area contributed by atoms with Crippen molar-refractivity contribution in [1.82, 2.24) is 4.98 Å². The van der Waals surface area contributed by atoms with Gasteiger partial charge in [-0.1, -0.05) is 12.1 Å². The minimum absolute atomic E-state index is 0. The highest BCUT2D eigenvalue weighted by Crippen LogP contribution is 2.27. The van der Waals surface area contributed by atoms with E-state index in [-0.39, 0.29) is 30.6 Å². The van der Waals surface area contributed by atoms with Gasteiger partial charge in [0.25, 0.3) is 0 Å². The monoisotopic (exact) mass is 340 g/mol. The lowest BCUT2D eigenvalue weighted by atomic mass is 10.0. The van der Waals surface area contributed by atoms with Crippen molar-refractivity contribution in [1.29, 1.82) is 0 Å². The van der Waals surface area contributed by atoms with Crippen LogP contribution in [0.2, 0.25) is 0 Å². The second-order valence-electron chi connectivity index (χ2n) is 3.81. The van der Waals surface area contributed by atoms with E-state index in [0.29, 0.717) is 6.54 Å². The molecule has 21 heavy (non-hydrogen) atoms. The Balaban J connectivity index is 0.00000200. The number of aromatic nitrogens is 1. The quantitative estimate of drug-likeness (QED) is 0.920. The maximum Gasteiger partial charge on any atom is 0.573 e. The van der Waals surface area contributed by atoms with Gasteiger partial charge in [-0.05, 0) is 34.9 Å². The summed E-state index contributed by atoms with van der Waals surface area (Å²) >= 11 is 0. The summed E-state index contributed by atoms with van der Waals surface area (Å²) in [6.07, 6.45) is -1.44. The SMILES string of the molecule is Cl.Cl.NCc1cnccc1-c1ccc(OC(F)(F)F)cc1. The number of ether oxygens (including phenoxy) is 1. The third kappa shape index (κ3) is 5.41. The molecule has 1 aromatic carbocycles. The summed E-state index contributed by atoms with van der Waals surface area (Å²) in [6, 6.07) is 7.40. The minimum atomic E-state index is -4.68. The van der Waals surface area contributed by atoms with E-state index >= 15 is 0 Å². The van der Waals surface area contributed by atoms with Gasteiger partial charge < -0.3 is 10.5 Å². The van der Waals surface area contributed by atoms with Gasteiger partial charge in [0, 0.05) is 18.9 Å². The number of hydrogen-bond acceptors (Lipinski definition) is 3. The van der Waals surface area contributed by atoms with Crippen molar-refractivity contribution in [3.8, 4) is 16.9 Å². The van der Waals surface area contributed by atoms with Crippen LogP contribution in [0, 0.1) is 0 Å². The molecule has 0 saturated carbocycles. The van der Waals surface area contributed by atoms with Crippen LogP contribution in [0.3, 0.4) is 0 Å². The van der Waals surface area contributed by atoms with Gasteiger partial charge in [-0.25, -0.2) is 0 Å². The first-order chi connectivity index (χ1) is 8.99. The molecule has 0 radical (unpaired) electrons. The van der Waals surface area contributed by atoms with Crippen LogP contribution in [0.4, 0.5) is 13.2 Å². The van der Waals surface area contributed by atoms with Crippen LogP contribution >= 0.6 is 24.8 Å². The van der Waals surface area contributed by atoms with Crippen LogP contribution in [-0.2, 0) is 6.54 Å². The average Bonchev–Trinajstić information content (AvgIpc) is 2.38. The highest BCUT2D eigenvalue weighted by molar-refractivity contribution is 5.85. The number of hydrogen-bond donors (Lipinski definition) is 1. The molecular weight excluding hydrogens is 328 g/mol. The summed E-state index contributed by atoms with van der Waals surface area (Å²) in [6.45, 7) is 0.309. The zero-order valence-corrected chi connectivity index (χ0v) is 12.3. The van der Waals surface area contributed by atoms with Crippen LogP contribution < -0.4 is 10.5 Å². The lowest BCUT2D eigenvalue weighted by Gasteiger charge is -2.10. The second kappa shape index (κ2) is 8.07. The van der Waals surface area contributed by atoms with Crippen LogP contribution in [0.5, 0.6) is 5.75 Å². The van der Waals surface area contributed by atoms with Crippen molar-refractivity contribution < 1.29 is 17.9 Å². The normalized spacial score (nSPS) is 10.3. The average molecular weight is 341 g/mol. The first-order valence-electron chi connectivity index (χ1n) is 5.49. The Kier molecular flexibility index (Phi) is 7.49. The summed E-state index contributed by atoms with van der Waals surface area (Å²) in [7, 11) is 0. The Labute approximate surface area is 132 Å². The summed E-state index contributed by atoms with van der Waals surface area (Å²) in [5, 5.41) is 0. The first kappa shape index (κ1) is 19.5. The number of benzene rings is 1. The first-order valence-corrected chi connectivity index (χ1v) is 5.49. The van der Waals surface area contributed by atoms with Crippen molar-refractivity contribution >= 4 is 24.8 Å². The third-order valence-corrected chi connectivity index (χ3v) is 2.52. The predicted octanol–water partition coefficient (Wildman–Crippen LogP) is 3.95. The van der Waals surface area contributed by atoms with Gasteiger partial charge in [0.2, 0.25) is 0 Å². The van der Waals surface area contributed by atoms with Crippen molar-refractivity contribution in [3.63, 3.8) is 0 Å². The molecule has 0 spiro atoms. The molecule has 2 rings (SSSR count). The molecule has 116 valence electrons. The van der Waals surface area contributed by atoms with Crippen molar-refractivity contribution in [2.75, 3.05) is 0 Å². The molecule has 0 amide bonds. The van der Waals surface area contributed by atoms with E-state index in [0.717, 1.165) is 16.7 Å². The molecule has 1 aromatic heterocycles. The van der Waals surface area contributed by atoms with Crippen molar-refractivity contribution in [2.45, 2.75) is 12.9 Å². The Hall–Kier alpha value is -1.50. The zero-order chi connectivity index (χ0) is 13.9. The van der Waals surface area contributed by atoms with Gasteiger partial charge in [-0.15, -0.1) is 38.0 Å². The summed E-state index contributed by atoms with van der Waals surface area (Å²) in [5.41, 5.74) is 8.02. The molecule has 0 atom stereocenters. The molecule has 1 heterocycles. The summed E-state index contributed by atoms with van der Waals surface area (Å²) < 4.78 is 39.9. The number of pyridine rings is 1. The molecule has 0 saturated heterocycles. The summed E-state index contributed by atoms with van der Waals surface area (Å²) in [5.74, 6) is -0.250. The predicted molar refractivity (Wildman–Crippen MR) is 78.7 cm³/mol. The smallest absolute Gasteiger partial charge is 0.406 e. The van der Waals surface area contributed by atoms with Gasteiger partial charge in [-0.2, -0.15) is 0 Å². The molecule has 0 aliphatic rings. The van der Waals surface area contributed by atoms with E-state index in [2.05, 4.69) is 9.72 Å².